The van der Waals surface area contributed by atoms with Crippen molar-refractivity contribution in [2.24, 2.45) is 5.41 Å². The third-order valence-electron chi connectivity index (χ3n) is 5.15. The number of nitrogens with zero attached hydrogens (tertiary/aromatic N) is 1. The molecule has 1 aromatic heterocycles. The number of nitrogens with one attached hydrogen (secondary N) is 1. The fraction of sp³-hybridized carbons (Fsp3) is 0.471. The number of fused-ring (bicyclic) bond motifs is 1. The molecule has 4 nitrogen and oxygen atoms in total. The molecule has 21 heavy (non-hydrogen) atoms. The molecule has 0 aliphatic carbocycles. The van der Waals surface area contributed by atoms with Gasteiger partial charge in [0.15, 0.2) is 0 Å². The minimum absolute atomic E-state index is 0.112. The van der Waals surface area contributed by atoms with E-state index in [0.717, 1.165) is 50.0 Å². The number of furan rings is 1. The van der Waals surface area contributed by atoms with Gasteiger partial charge in [-0.15, -0.1) is 0 Å². The van der Waals surface area contributed by atoms with Crippen molar-refractivity contribution in [2.45, 2.75) is 19.3 Å². The Balaban J connectivity index is 1.53. The van der Waals surface area contributed by atoms with Crippen LogP contribution in [0.25, 0.3) is 11.0 Å². The molecule has 0 saturated carbocycles. The summed E-state index contributed by atoms with van der Waals surface area (Å²) in [5.74, 6) is 0.112. The van der Waals surface area contributed by atoms with Gasteiger partial charge >= 0.3 is 0 Å². The summed E-state index contributed by atoms with van der Waals surface area (Å²) in [4.78, 5) is 14.7. The quantitative estimate of drug-likeness (QED) is 0.875. The number of amides is 1. The summed E-state index contributed by atoms with van der Waals surface area (Å²) in [7, 11) is 0. The normalized spacial score (nSPS) is 21.2. The van der Waals surface area contributed by atoms with E-state index in [0.29, 0.717) is 11.0 Å². The van der Waals surface area contributed by atoms with Crippen molar-refractivity contribution in [3.63, 3.8) is 0 Å². The fourth-order valence-electron chi connectivity index (χ4n) is 3.72. The van der Waals surface area contributed by atoms with E-state index in [2.05, 4.69) is 5.32 Å². The zero-order valence-corrected chi connectivity index (χ0v) is 12.1. The van der Waals surface area contributed by atoms with Crippen LogP contribution >= 0.6 is 0 Å². The lowest BCUT2D eigenvalue weighted by atomic mass is 9.78. The average molecular weight is 284 g/mol. The van der Waals surface area contributed by atoms with E-state index >= 15 is 0 Å². The summed E-state index contributed by atoms with van der Waals surface area (Å²) in [5, 5.41) is 4.38. The molecule has 2 fully saturated rings. The molecular weight excluding hydrogens is 264 g/mol. The van der Waals surface area contributed by atoms with Crippen LogP contribution < -0.4 is 5.32 Å². The van der Waals surface area contributed by atoms with Gasteiger partial charge in [0.2, 0.25) is 0 Å². The molecule has 0 radical (unpaired) electrons. The van der Waals surface area contributed by atoms with Crippen LogP contribution in [0, 0.1) is 5.41 Å². The first-order chi connectivity index (χ1) is 10.3. The van der Waals surface area contributed by atoms with E-state index in [-0.39, 0.29) is 5.91 Å². The highest BCUT2D eigenvalue weighted by atomic mass is 16.3. The second-order valence-electron chi connectivity index (χ2n) is 6.36. The first kappa shape index (κ1) is 12.9. The highest BCUT2D eigenvalue weighted by molar-refractivity contribution is 6.05. The maximum Gasteiger partial charge on any atom is 0.257 e. The average Bonchev–Trinajstić information content (AvgIpc) is 3.15. The topological polar surface area (TPSA) is 45.5 Å². The second kappa shape index (κ2) is 4.88. The van der Waals surface area contributed by atoms with Gasteiger partial charge in [-0.2, -0.15) is 0 Å². The minimum Gasteiger partial charge on any atom is -0.463 e. The monoisotopic (exact) mass is 284 g/mol. The Labute approximate surface area is 124 Å². The molecule has 0 bridgehead atoms. The Morgan fingerprint density at radius 1 is 1.19 bits per heavy atom. The molecule has 1 amide bonds. The van der Waals surface area contributed by atoms with E-state index < -0.39 is 0 Å². The summed E-state index contributed by atoms with van der Waals surface area (Å²) >= 11 is 0. The van der Waals surface area contributed by atoms with Gasteiger partial charge in [-0.1, -0.05) is 18.2 Å². The van der Waals surface area contributed by atoms with Gasteiger partial charge in [-0.25, -0.2) is 0 Å². The lowest BCUT2D eigenvalue weighted by molar-refractivity contribution is 0.0608. The number of hydrogen-bond acceptors (Lipinski definition) is 3. The van der Waals surface area contributed by atoms with Gasteiger partial charge in [-0.05, 0) is 37.3 Å². The molecule has 1 spiro atoms. The van der Waals surface area contributed by atoms with Crippen molar-refractivity contribution in [3.8, 4) is 0 Å². The van der Waals surface area contributed by atoms with Crippen LogP contribution in [0.5, 0.6) is 0 Å². The number of likely N-dealkylation sites (tertiary alicyclic amines) is 1. The van der Waals surface area contributed by atoms with E-state index in [1.165, 1.54) is 6.42 Å². The van der Waals surface area contributed by atoms with E-state index in [1.807, 2.05) is 29.2 Å². The molecule has 0 atom stereocenters. The molecule has 2 aromatic rings. The lowest BCUT2D eigenvalue weighted by Crippen LogP contribution is -2.44. The number of benzene rings is 1. The molecule has 3 heterocycles. The van der Waals surface area contributed by atoms with Crippen molar-refractivity contribution in [1.29, 1.82) is 0 Å². The second-order valence-corrected chi connectivity index (χ2v) is 6.36. The van der Waals surface area contributed by atoms with Gasteiger partial charge < -0.3 is 14.6 Å². The first-order valence-electron chi connectivity index (χ1n) is 7.74. The van der Waals surface area contributed by atoms with E-state index in [1.54, 1.807) is 6.26 Å². The van der Waals surface area contributed by atoms with Crippen molar-refractivity contribution in [2.75, 3.05) is 26.2 Å². The van der Waals surface area contributed by atoms with Crippen LogP contribution in [-0.2, 0) is 0 Å². The van der Waals surface area contributed by atoms with Crippen molar-refractivity contribution in [3.05, 3.63) is 36.1 Å². The zero-order valence-electron chi connectivity index (χ0n) is 12.1. The van der Waals surface area contributed by atoms with Crippen LogP contribution in [0.2, 0.25) is 0 Å². The molecule has 1 aromatic carbocycles. The fourth-order valence-corrected chi connectivity index (χ4v) is 3.72. The molecule has 0 unspecified atom stereocenters. The lowest BCUT2D eigenvalue weighted by Gasteiger charge is -2.38. The SMILES string of the molecule is O=C(c1coc2ccccc12)N1CCC2(CCNC2)CC1. The van der Waals surface area contributed by atoms with Crippen LogP contribution in [0.3, 0.4) is 0 Å². The molecule has 2 aliphatic rings. The number of piperidine rings is 1. The van der Waals surface area contributed by atoms with Crippen LogP contribution in [-0.4, -0.2) is 37.0 Å². The maximum absolute atomic E-state index is 12.7. The Hall–Kier alpha value is -1.81. The zero-order chi connectivity index (χ0) is 14.3. The summed E-state index contributed by atoms with van der Waals surface area (Å²) in [5.41, 5.74) is 1.93. The van der Waals surface area contributed by atoms with Gasteiger partial charge in [0.25, 0.3) is 5.91 Å². The molecule has 2 aliphatic heterocycles. The minimum atomic E-state index is 0.112. The van der Waals surface area contributed by atoms with Crippen LogP contribution in [0.1, 0.15) is 29.6 Å². The Bertz CT molecular complexity index is 660. The Kier molecular flexibility index (Phi) is 3.00. The molecule has 1 N–H and O–H groups in total. The van der Waals surface area contributed by atoms with Crippen molar-refractivity contribution in [1.82, 2.24) is 10.2 Å². The number of carbonyl (C=O) groups excluding carboxylic acids is 1. The first-order valence-corrected chi connectivity index (χ1v) is 7.74. The predicted molar refractivity (Wildman–Crippen MR) is 81.3 cm³/mol. The molecule has 2 saturated heterocycles. The number of rotatable bonds is 1. The maximum atomic E-state index is 12.7. The molecular formula is C17H20N2O2. The highest BCUT2D eigenvalue weighted by Gasteiger charge is 2.38. The Morgan fingerprint density at radius 2 is 2.00 bits per heavy atom. The largest absolute Gasteiger partial charge is 0.463 e. The van der Waals surface area contributed by atoms with E-state index in [9.17, 15) is 4.79 Å². The van der Waals surface area contributed by atoms with Crippen molar-refractivity contribution >= 4 is 16.9 Å². The van der Waals surface area contributed by atoms with Gasteiger partial charge in [-0.3, -0.25) is 4.79 Å². The number of hydrogen-bond donors (Lipinski definition) is 1. The van der Waals surface area contributed by atoms with Gasteiger partial charge in [0.05, 0.1) is 5.56 Å². The molecule has 110 valence electrons. The smallest absolute Gasteiger partial charge is 0.257 e. The number of para-hydroxylation sites is 1. The molecule has 4 heteroatoms. The van der Waals surface area contributed by atoms with E-state index in [4.69, 9.17) is 4.42 Å². The summed E-state index contributed by atoms with van der Waals surface area (Å²) in [6, 6.07) is 7.74. The summed E-state index contributed by atoms with van der Waals surface area (Å²) < 4.78 is 5.50. The van der Waals surface area contributed by atoms with Crippen LogP contribution in [0.4, 0.5) is 0 Å². The number of carbonyl (C=O) groups is 1. The van der Waals surface area contributed by atoms with Gasteiger partial charge in [0, 0.05) is 25.0 Å². The van der Waals surface area contributed by atoms with Gasteiger partial charge in [0.1, 0.15) is 11.8 Å². The standard InChI is InChI=1S/C17H20N2O2/c20-16(14-11-21-15-4-2-1-3-13(14)15)19-9-6-17(7-10-19)5-8-18-12-17/h1-4,11,18H,5-10,12H2. The third kappa shape index (κ3) is 2.14. The summed E-state index contributed by atoms with van der Waals surface area (Å²) in [6.45, 7) is 3.96. The highest BCUT2D eigenvalue weighted by Crippen LogP contribution is 2.37. The third-order valence-corrected chi connectivity index (χ3v) is 5.15. The Morgan fingerprint density at radius 3 is 2.76 bits per heavy atom. The molecule has 4 rings (SSSR count). The van der Waals surface area contributed by atoms with Crippen LogP contribution in [0.15, 0.2) is 34.9 Å². The summed E-state index contributed by atoms with van der Waals surface area (Å²) in [6.07, 6.45) is 5.08. The predicted octanol–water partition coefficient (Wildman–Crippen LogP) is 2.65. The van der Waals surface area contributed by atoms with Crippen molar-refractivity contribution < 1.29 is 9.21 Å².